The van der Waals surface area contributed by atoms with Crippen LogP contribution in [0.25, 0.3) is 10.9 Å². The van der Waals surface area contributed by atoms with Crippen LogP contribution in [0.1, 0.15) is 27.2 Å². The maximum Gasteiger partial charge on any atom is 0.416 e. The quantitative estimate of drug-likeness (QED) is 0.379. The van der Waals surface area contributed by atoms with E-state index in [9.17, 15) is 26.4 Å². The Morgan fingerprint density at radius 3 is 2.27 bits per heavy atom. The van der Waals surface area contributed by atoms with Gasteiger partial charge in [0.2, 0.25) is 0 Å². The number of carboxylic acid groups (broad SMARTS) is 1. The van der Waals surface area contributed by atoms with Gasteiger partial charge in [0.15, 0.2) is 0 Å². The molecule has 1 heterocycles. The zero-order chi connectivity index (χ0) is 24.0. The van der Waals surface area contributed by atoms with E-state index in [1.165, 1.54) is 54.6 Å². The molecule has 0 fully saturated rings. The Morgan fingerprint density at radius 2 is 1.67 bits per heavy atom. The molecule has 33 heavy (non-hydrogen) atoms. The number of carboxylic acids is 1. The summed E-state index contributed by atoms with van der Waals surface area (Å²) < 4.78 is 67.7. The van der Waals surface area contributed by atoms with E-state index in [4.69, 9.17) is 16.7 Å². The molecule has 1 aromatic heterocycles. The third-order valence-corrected chi connectivity index (χ3v) is 7.07. The first kappa shape index (κ1) is 22.9. The summed E-state index contributed by atoms with van der Waals surface area (Å²) in [5, 5.41) is 9.36. The van der Waals surface area contributed by atoms with Gasteiger partial charge < -0.3 is 5.11 Å². The molecule has 3 aromatic carbocycles. The molecule has 0 aliphatic rings. The third-order valence-electron chi connectivity index (χ3n) is 5.08. The van der Waals surface area contributed by atoms with Crippen LogP contribution in [0.2, 0.25) is 5.02 Å². The molecule has 5 nitrogen and oxygen atoms in total. The molecule has 0 amide bonds. The molecule has 0 saturated heterocycles. The van der Waals surface area contributed by atoms with Crippen LogP contribution in [0.5, 0.6) is 0 Å². The van der Waals surface area contributed by atoms with E-state index in [1.807, 2.05) is 0 Å². The van der Waals surface area contributed by atoms with Gasteiger partial charge in [0.05, 0.1) is 21.5 Å². The highest BCUT2D eigenvalue weighted by Crippen LogP contribution is 2.34. The molecule has 10 heteroatoms. The summed E-state index contributed by atoms with van der Waals surface area (Å²) in [6.07, 6.45) is -4.55. The van der Waals surface area contributed by atoms with Gasteiger partial charge in [-0.3, -0.25) is 0 Å². The third kappa shape index (κ3) is 4.46. The first-order chi connectivity index (χ1) is 15.5. The van der Waals surface area contributed by atoms with Crippen molar-refractivity contribution in [3.8, 4) is 0 Å². The van der Waals surface area contributed by atoms with E-state index in [1.54, 1.807) is 0 Å². The lowest BCUT2D eigenvalue weighted by atomic mass is 10.1. The van der Waals surface area contributed by atoms with E-state index in [-0.39, 0.29) is 38.5 Å². The number of hydrogen-bond donors (Lipinski definition) is 1. The van der Waals surface area contributed by atoms with Crippen molar-refractivity contribution in [2.24, 2.45) is 0 Å². The molecule has 4 rings (SSSR count). The lowest BCUT2D eigenvalue weighted by Crippen LogP contribution is -2.16. The number of benzene rings is 3. The Hall–Kier alpha value is -3.30. The maximum atomic E-state index is 13.5. The Bertz CT molecular complexity index is 1480. The minimum absolute atomic E-state index is 0.0374. The number of carbonyl (C=O) groups is 1. The van der Waals surface area contributed by atoms with E-state index in [2.05, 4.69) is 0 Å². The molecule has 1 N–H and O–H groups in total. The van der Waals surface area contributed by atoms with Crippen molar-refractivity contribution >= 4 is 38.5 Å². The molecule has 4 aromatic rings. The normalized spacial score (nSPS) is 12.2. The highest BCUT2D eigenvalue weighted by atomic mass is 35.5. The minimum atomic E-state index is -4.59. The number of nitrogens with zero attached hydrogens (tertiary/aromatic N) is 1. The van der Waals surface area contributed by atoms with Gasteiger partial charge in [0.25, 0.3) is 10.0 Å². The molecular weight excluding hydrogens is 479 g/mol. The number of fused-ring (bicyclic) bond motifs is 1. The SMILES string of the molecule is O=C(O)c1ccc(Cc2cc3cc(C(F)(F)F)ccc3n2S(=O)(=O)c2cccc(Cl)c2)cc1. The summed E-state index contributed by atoms with van der Waals surface area (Å²) in [5.41, 5.74) is 0.0410. The van der Waals surface area contributed by atoms with Crippen molar-refractivity contribution in [2.75, 3.05) is 0 Å². The van der Waals surface area contributed by atoms with E-state index >= 15 is 0 Å². The number of hydrogen-bond acceptors (Lipinski definition) is 3. The Morgan fingerprint density at radius 1 is 0.970 bits per heavy atom. The number of aromatic carboxylic acids is 1. The summed E-state index contributed by atoms with van der Waals surface area (Å²) in [5.74, 6) is -1.11. The lowest BCUT2D eigenvalue weighted by Gasteiger charge is -2.13. The van der Waals surface area contributed by atoms with Crippen molar-refractivity contribution in [2.45, 2.75) is 17.5 Å². The van der Waals surface area contributed by atoms with Crippen LogP contribution in [-0.4, -0.2) is 23.5 Å². The van der Waals surface area contributed by atoms with Crippen LogP contribution in [-0.2, 0) is 22.6 Å². The second-order valence-electron chi connectivity index (χ2n) is 7.31. The molecule has 0 unspecified atom stereocenters. The van der Waals surface area contributed by atoms with Crippen molar-refractivity contribution in [1.29, 1.82) is 0 Å². The van der Waals surface area contributed by atoms with Crippen LogP contribution >= 0.6 is 11.6 Å². The second kappa shape index (κ2) is 8.24. The van der Waals surface area contributed by atoms with Gasteiger partial charge in [-0.05, 0) is 60.2 Å². The first-order valence-electron chi connectivity index (χ1n) is 9.52. The standard InChI is InChI=1S/C23H15ClF3NO4S/c24-18-2-1-3-20(13-18)33(31,32)28-19(10-14-4-6-15(7-5-14)22(29)30)12-16-11-17(23(25,26)27)8-9-21(16)28/h1-9,11-13H,10H2,(H,29,30). The summed E-state index contributed by atoms with van der Waals surface area (Å²) in [4.78, 5) is 11.0. The van der Waals surface area contributed by atoms with Gasteiger partial charge in [-0.2, -0.15) is 13.2 Å². The summed E-state index contributed by atoms with van der Waals surface area (Å²) in [6, 6.07) is 15.6. The van der Waals surface area contributed by atoms with Crippen LogP contribution in [0, 0.1) is 0 Å². The van der Waals surface area contributed by atoms with E-state index in [0.717, 1.165) is 22.2 Å². The highest BCUT2D eigenvalue weighted by molar-refractivity contribution is 7.90. The van der Waals surface area contributed by atoms with Gasteiger partial charge >= 0.3 is 12.1 Å². The number of aromatic nitrogens is 1. The fraction of sp³-hybridized carbons (Fsp3) is 0.0870. The Balaban J connectivity index is 1.91. The zero-order valence-electron chi connectivity index (χ0n) is 16.7. The van der Waals surface area contributed by atoms with Gasteiger partial charge in [-0.1, -0.05) is 29.8 Å². The molecule has 0 aliphatic carbocycles. The number of rotatable bonds is 5. The predicted octanol–water partition coefficient (Wildman–Crippen LogP) is 5.84. The summed E-state index contributed by atoms with van der Waals surface area (Å²) >= 11 is 5.96. The molecule has 0 spiro atoms. The average Bonchev–Trinajstić information content (AvgIpc) is 3.11. The van der Waals surface area contributed by atoms with Crippen molar-refractivity contribution < 1.29 is 31.5 Å². The van der Waals surface area contributed by atoms with E-state index < -0.39 is 27.7 Å². The predicted molar refractivity (Wildman–Crippen MR) is 117 cm³/mol. The zero-order valence-corrected chi connectivity index (χ0v) is 18.2. The van der Waals surface area contributed by atoms with Crippen molar-refractivity contribution in [3.63, 3.8) is 0 Å². The molecule has 0 bridgehead atoms. The fourth-order valence-corrected chi connectivity index (χ4v) is 5.38. The minimum Gasteiger partial charge on any atom is -0.478 e. The van der Waals surface area contributed by atoms with Crippen molar-refractivity contribution in [1.82, 2.24) is 3.97 Å². The van der Waals surface area contributed by atoms with Crippen LogP contribution in [0.3, 0.4) is 0 Å². The van der Waals surface area contributed by atoms with Gasteiger partial charge in [-0.15, -0.1) is 0 Å². The summed E-state index contributed by atoms with van der Waals surface area (Å²) in [6.45, 7) is 0. The smallest absolute Gasteiger partial charge is 0.416 e. The van der Waals surface area contributed by atoms with Gasteiger partial charge in [0, 0.05) is 22.5 Å². The summed E-state index contributed by atoms with van der Waals surface area (Å²) in [7, 11) is -4.21. The molecular formula is C23H15ClF3NO4S. The maximum absolute atomic E-state index is 13.5. The van der Waals surface area contributed by atoms with Gasteiger partial charge in [0.1, 0.15) is 0 Å². The Kier molecular flexibility index (Phi) is 5.71. The first-order valence-corrected chi connectivity index (χ1v) is 11.3. The number of halogens is 4. The molecule has 0 atom stereocenters. The fourth-order valence-electron chi connectivity index (χ4n) is 3.54. The number of alkyl halides is 3. The van der Waals surface area contributed by atoms with Crippen LogP contribution in [0.4, 0.5) is 13.2 Å². The largest absolute Gasteiger partial charge is 0.478 e. The Labute approximate surface area is 191 Å². The van der Waals surface area contributed by atoms with Crippen LogP contribution in [0.15, 0.2) is 77.7 Å². The van der Waals surface area contributed by atoms with Gasteiger partial charge in [-0.25, -0.2) is 17.2 Å². The monoisotopic (exact) mass is 493 g/mol. The topological polar surface area (TPSA) is 76.4 Å². The van der Waals surface area contributed by atoms with Crippen LogP contribution < -0.4 is 0 Å². The molecule has 170 valence electrons. The van der Waals surface area contributed by atoms with Crippen molar-refractivity contribution in [3.05, 3.63) is 100 Å². The lowest BCUT2D eigenvalue weighted by molar-refractivity contribution is -0.137. The highest BCUT2D eigenvalue weighted by Gasteiger charge is 2.32. The van der Waals surface area contributed by atoms with E-state index in [0.29, 0.717) is 5.56 Å². The second-order valence-corrected chi connectivity index (χ2v) is 9.54. The molecule has 0 radical (unpaired) electrons. The molecule has 0 aliphatic heterocycles. The molecule has 0 saturated carbocycles. The average molecular weight is 494 g/mol.